The van der Waals surface area contributed by atoms with Gasteiger partial charge in [-0.3, -0.25) is 9.59 Å². The van der Waals surface area contributed by atoms with Crippen LogP contribution in [0.15, 0.2) is 53.9 Å². The van der Waals surface area contributed by atoms with Crippen LogP contribution in [0.4, 0.5) is 4.79 Å². The second kappa shape index (κ2) is 11.2. The number of benzene rings is 2. The summed E-state index contributed by atoms with van der Waals surface area (Å²) < 4.78 is 5.51. The summed E-state index contributed by atoms with van der Waals surface area (Å²) in [6.07, 6.45) is -0.543. The standard InChI is InChI=1S/C24H23N3O5S2/c28-22(29)14-33-10-9-25-23(30)20-13-34-21(27-20)11-26-24(31)32-12-19-17-7-3-1-5-15(17)16-6-2-4-8-18(16)19/h1-8,13,19H,9-12,14H2,(H,25,30)(H,26,31)(H,28,29). The number of thioether (sulfide) groups is 1. The lowest BCUT2D eigenvalue weighted by molar-refractivity contribution is -0.133. The van der Waals surface area contributed by atoms with Gasteiger partial charge in [0.1, 0.15) is 17.3 Å². The number of thiazole rings is 1. The Hall–Kier alpha value is -3.37. The number of fused-ring (bicyclic) bond motifs is 3. The van der Waals surface area contributed by atoms with Gasteiger partial charge in [0, 0.05) is 23.6 Å². The third kappa shape index (κ3) is 5.75. The number of carbonyl (C=O) groups excluding carboxylic acids is 2. The van der Waals surface area contributed by atoms with Gasteiger partial charge < -0.3 is 20.5 Å². The van der Waals surface area contributed by atoms with Crippen LogP contribution >= 0.6 is 23.1 Å². The molecule has 0 aliphatic heterocycles. The predicted octanol–water partition coefficient (Wildman–Crippen LogP) is 3.73. The van der Waals surface area contributed by atoms with E-state index in [1.165, 1.54) is 34.2 Å². The molecule has 1 aliphatic carbocycles. The zero-order valence-electron chi connectivity index (χ0n) is 18.2. The van der Waals surface area contributed by atoms with Crippen molar-refractivity contribution in [2.24, 2.45) is 0 Å². The Bertz CT molecular complexity index is 1150. The summed E-state index contributed by atoms with van der Waals surface area (Å²) in [5.74, 6) is -0.734. The highest BCUT2D eigenvalue weighted by Crippen LogP contribution is 2.44. The number of alkyl carbamates (subject to hydrolysis) is 1. The normalized spacial score (nSPS) is 12.0. The van der Waals surface area contributed by atoms with Crippen LogP contribution in [0.25, 0.3) is 11.1 Å². The molecule has 0 spiro atoms. The van der Waals surface area contributed by atoms with Crippen LogP contribution in [0.1, 0.15) is 32.5 Å². The average molecular weight is 498 g/mol. The summed E-state index contributed by atoms with van der Waals surface area (Å²) >= 11 is 2.49. The van der Waals surface area contributed by atoms with Crippen LogP contribution in [0, 0.1) is 0 Å². The van der Waals surface area contributed by atoms with Gasteiger partial charge in [-0.1, -0.05) is 48.5 Å². The van der Waals surface area contributed by atoms with Crippen molar-refractivity contribution in [3.8, 4) is 11.1 Å². The second-order valence-electron chi connectivity index (χ2n) is 7.51. The summed E-state index contributed by atoms with van der Waals surface area (Å²) in [7, 11) is 0. The van der Waals surface area contributed by atoms with Gasteiger partial charge in [0.2, 0.25) is 0 Å². The van der Waals surface area contributed by atoms with Crippen molar-refractivity contribution in [3.63, 3.8) is 0 Å². The first-order chi connectivity index (χ1) is 16.5. The fraction of sp³-hybridized carbons (Fsp3) is 0.250. The molecule has 0 saturated carbocycles. The minimum atomic E-state index is -0.885. The molecule has 1 heterocycles. The third-order valence-corrected chi connectivity index (χ3v) is 7.06. The largest absolute Gasteiger partial charge is 0.481 e. The molecule has 4 rings (SSSR count). The monoisotopic (exact) mass is 497 g/mol. The van der Waals surface area contributed by atoms with Gasteiger partial charge in [0.05, 0.1) is 12.3 Å². The number of aromatic nitrogens is 1. The molecule has 10 heteroatoms. The SMILES string of the molecule is O=C(O)CSCCNC(=O)c1csc(CNC(=O)OCC2c3ccccc3-c3ccccc32)n1. The lowest BCUT2D eigenvalue weighted by Gasteiger charge is -2.14. The molecule has 0 fully saturated rings. The third-order valence-electron chi connectivity index (χ3n) is 5.27. The lowest BCUT2D eigenvalue weighted by Crippen LogP contribution is -2.27. The topological polar surface area (TPSA) is 118 Å². The first-order valence-corrected chi connectivity index (χ1v) is 12.7. The number of carbonyl (C=O) groups is 3. The molecule has 3 N–H and O–H groups in total. The Balaban J connectivity index is 1.24. The van der Waals surface area contributed by atoms with Crippen LogP contribution in [0.5, 0.6) is 0 Å². The first-order valence-electron chi connectivity index (χ1n) is 10.6. The lowest BCUT2D eigenvalue weighted by atomic mass is 9.98. The van der Waals surface area contributed by atoms with E-state index in [9.17, 15) is 14.4 Å². The van der Waals surface area contributed by atoms with Gasteiger partial charge in [-0.25, -0.2) is 9.78 Å². The molecule has 0 saturated heterocycles. The Morgan fingerprint density at radius 3 is 2.38 bits per heavy atom. The van der Waals surface area contributed by atoms with Gasteiger partial charge >= 0.3 is 12.1 Å². The zero-order valence-corrected chi connectivity index (χ0v) is 19.8. The molecular formula is C24H23N3O5S2. The molecule has 176 valence electrons. The smallest absolute Gasteiger partial charge is 0.407 e. The number of carboxylic acids is 1. The van der Waals surface area contributed by atoms with Crippen molar-refractivity contribution in [1.29, 1.82) is 0 Å². The molecular weight excluding hydrogens is 474 g/mol. The van der Waals surface area contributed by atoms with E-state index in [1.54, 1.807) is 5.38 Å². The number of ether oxygens (including phenoxy) is 1. The summed E-state index contributed by atoms with van der Waals surface area (Å²) in [4.78, 5) is 39.2. The highest BCUT2D eigenvalue weighted by molar-refractivity contribution is 7.99. The maximum atomic E-state index is 12.3. The van der Waals surface area contributed by atoms with Crippen molar-refractivity contribution >= 4 is 41.1 Å². The number of nitrogens with one attached hydrogen (secondary N) is 2. The molecule has 1 aromatic heterocycles. The predicted molar refractivity (Wildman–Crippen MR) is 131 cm³/mol. The first kappa shape index (κ1) is 23.8. The maximum Gasteiger partial charge on any atom is 0.407 e. The van der Waals surface area contributed by atoms with E-state index in [0.29, 0.717) is 17.3 Å². The van der Waals surface area contributed by atoms with Crippen molar-refractivity contribution in [3.05, 3.63) is 75.7 Å². The van der Waals surface area contributed by atoms with Crippen LogP contribution < -0.4 is 10.6 Å². The van der Waals surface area contributed by atoms with Gasteiger partial charge in [0.15, 0.2) is 0 Å². The van der Waals surface area contributed by atoms with E-state index in [-0.39, 0.29) is 36.4 Å². The quantitative estimate of drug-likeness (QED) is 0.365. The summed E-state index contributed by atoms with van der Waals surface area (Å²) in [6, 6.07) is 16.3. The molecule has 1 aliphatic rings. The minimum absolute atomic E-state index is 0.00173. The van der Waals surface area contributed by atoms with Gasteiger partial charge in [-0.15, -0.1) is 23.1 Å². The van der Waals surface area contributed by atoms with Crippen LogP contribution in [0.2, 0.25) is 0 Å². The Morgan fingerprint density at radius 2 is 1.71 bits per heavy atom. The van der Waals surface area contributed by atoms with Gasteiger partial charge in [-0.2, -0.15) is 0 Å². The highest BCUT2D eigenvalue weighted by Gasteiger charge is 2.29. The number of amides is 2. The molecule has 34 heavy (non-hydrogen) atoms. The van der Waals surface area contributed by atoms with E-state index in [1.807, 2.05) is 24.3 Å². The Kier molecular flexibility index (Phi) is 7.81. The number of hydrogen-bond acceptors (Lipinski definition) is 7. The van der Waals surface area contributed by atoms with E-state index in [0.717, 1.165) is 11.1 Å². The van der Waals surface area contributed by atoms with E-state index in [2.05, 4.69) is 39.9 Å². The fourth-order valence-corrected chi connectivity index (χ4v) is 5.06. The summed E-state index contributed by atoms with van der Waals surface area (Å²) in [6.45, 7) is 0.732. The molecule has 0 atom stereocenters. The van der Waals surface area contributed by atoms with Crippen molar-refractivity contribution in [2.75, 3.05) is 24.7 Å². The number of hydrogen-bond donors (Lipinski definition) is 3. The zero-order chi connectivity index (χ0) is 23.9. The summed E-state index contributed by atoms with van der Waals surface area (Å²) in [5, 5.41) is 16.2. The minimum Gasteiger partial charge on any atom is -0.481 e. The van der Waals surface area contributed by atoms with E-state index >= 15 is 0 Å². The molecule has 0 radical (unpaired) electrons. The van der Waals surface area contributed by atoms with Crippen molar-refractivity contribution in [2.45, 2.75) is 12.5 Å². The van der Waals surface area contributed by atoms with Crippen LogP contribution in [0.3, 0.4) is 0 Å². The molecule has 3 aromatic rings. The Labute approximate surface area is 204 Å². The van der Waals surface area contributed by atoms with E-state index in [4.69, 9.17) is 9.84 Å². The summed E-state index contributed by atoms with van der Waals surface area (Å²) in [5.41, 5.74) is 4.89. The second-order valence-corrected chi connectivity index (χ2v) is 9.56. The molecule has 0 bridgehead atoms. The molecule has 2 amide bonds. The fourth-order valence-electron chi connectivity index (χ4n) is 3.78. The number of carboxylic acid groups (broad SMARTS) is 1. The molecule has 2 aromatic carbocycles. The van der Waals surface area contributed by atoms with Crippen molar-refractivity contribution < 1.29 is 24.2 Å². The van der Waals surface area contributed by atoms with Crippen molar-refractivity contribution in [1.82, 2.24) is 15.6 Å². The number of rotatable bonds is 10. The molecule has 0 unspecified atom stereocenters. The number of nitrogens with zero attached hydrogens (tertiary/aromatic N) is 1. The number of aliphatic carboxylic acids is 1. The highest BCUT2D eigenvalue weighted by atomic mass is 32.2. The van der Waals surface area contributed by atoms with Gasteiger partial charge in [-0.05, 0) is 22.3 Å². The average Bonchev–Trinajstić information content (AvgIpc) is 3.44. The molecule has 8 nitrogen and oxygen atoms in total. The maximum absolute atomic E-state index is 12.3. The van der Waals surface area contributed by atoms with E-state index < -0.39 is 12.1 Å². The Morgan fingerprint density at radius 1 is 1.03 bits per heavy atom. The van der Waals surface area contributed by atoms with Gasteiger partial charge in [0.25, 0.3) is 5.91 Å². The van der Waals surface area contributed by atoms with Crippen LogP contribution in [-0.2, 0) is 16.1 Å². The van der Waals surface area contributed by atoms with Crippen LogP contribution in [-0.4, -0.2) is 52.7 Å².